The van der Waals surface area contributed by atoms with Crippen molar-refractivity contribution in [1.29, 1.82) is 0 Å². The highest BCUT2D eigenvalue weighted by Gasteiger charge is 2.22. The van der Waals surface area contributed by atoms with Gasteiger partial charge in [-0.25, -0.2) is 0 Å². The zero-order chi connectivity index (χ0) is 15.7. The second-order valence-corrected chi connectivity index (χ2v) is 7.95. The highest BCUT2D eigenvalue weighted by molar-refractivity contribution is 14.1. The number of nitrogens with zero attached hydrogens (tertiary/aromatic N) is 4. The maximum atomic E-state index is 4.40. The molecular formula is C14H20I2N6. The molecule has 2 fully saturated rings. The maximum absolute atomic E-state index is 4.40. The van der Waals surface area contributed by atoms with E-state index in [1.54, 1.807) is 0 Å². The van der Waals surface area contributed by atoms with Gasteiger partial charge >= 0.3 is 0 Å². The lowest BCUT2D eigenvalue weighted by Crippen LogP contribution is -2.40. The van der Waals surface area contributed by atoms with Gasteiger partial charge in [0.1, 0.15) is 3.70 Å². The van der Waals surface area contributed by atoms with Crippen molar-refractivity contribution in [3.05, 3.63) is 30.9 Å². The van der Waals surface area contributed by atoms with Gasteiger partial charge in [-0.3, -0.25) is 9.36 Å². The third-order valence-electron chi connectivity index (χ3n) is 4.13. The molecule has 6 nitrogen and oxygen atoms in total. The fourth-order valence-electron chi connectivity index (χ4n) is 2.49. The van der Waals surface area contributed by atoms with Crippen molar-refractivity contribution in [3.8, 4) is 0 Å². The highest BCUT2D eigenvalue weighted by atomic mass is 127. The Morgan fingerprint density at radius 2 is 1.59 bits per heavy atom. The Hall–Kier alpha value is -0.200. The SMILES string of the molecule is Cn1nc(C2CNC2)cc1I.Cn1nc(I)cc1C1CNC1. The van der Waals surface area contributed by atoms with Gasteiger partial charge in [0.25, 0.3) is 0 Å². The van der Waals surface area contributed by atoms with Gasteiger partial charge in [0.15, 0.2) is 0 Å². The molecule has 0 aliphatic carbocycles. The first-order chi connectivity index (χ1) is 10.5. The van der Waals surface area contributed by atoms with Gasteiger partial charge in [0.2, 0.25) is 0 Å². The Bertz CT molecular complexity index is 622. The molecule has 2 N–H and O–H groups in total. The van der Waals surface area contributed by atoms with E-state index in [0.29, 0.717) is 11.8 Å². The first-order valence-electron chi connectivity index (χ1n) is 7.35. The zero-order valence-electron chi connectivity index (χ0n) is 12.7. The zero-order valence-corrected chi connectivity index (χ0v) is 17.0. The summed E-state index contributed by atoms with van der Waals surface area (Å²) in [6.45, 7) is 4.39. The minimum Gasteiger partial charge on any atom is -0.315 e. The quantitative estimate of drug-likeness (QED) is 0.582. The molecule has 2 saturated heterocycles. The number of hydrogen-bond acceptors (Lipinski definition) is 4. The predicted molar refractivity (Wildman–Crippen MR) is 103 cm³/mol. The number of hydrogen-bond donors (Lipinski definition) is 2. The van der Waals surface area contributed by atoms with E-state index in [2.05, 4.69) is 78.1 Å². The van der Waals surface area contributed by atoms with Gasteiger partial charge in [0.05, 0.1) is 9.39 Å². The van der Waals surface area contributed by atoms with E-state index in [-0.39, 0.29) is 0 Å². The standard InChI is InChI=1S/2C7H10IN3/c1-11-6(2-7(8)10-11)5-3-9-4-5;1-11-7(8)2-6(10-11)5-3-9-4-5/h2*2,5,9H,3-4H2,1H3. The molecular weight excluding hydrogens is 506 g/mol. The van der Waals surface area contributed by atoms with Crippen molar-refractivity contribution in [3.63, 3.8) is 0 Å². The molecule has 0 spiro atoms. The average molecular weight is 526 g/mol. The number of nitrogens with one attached hydrogen (secondary N) is 2. The topological polar surface area (TPSA) is 59.7 Å². The van der Waals surface area contributed by atoms with E-state index in [1.165, 1.54) is 15.1 Å². The van der Waals surface area contributed by atoms with Crippen LogP contribution in [0, 0.1) is 7.40 Å². The van der Waals surface area contributed by atoms with Crippen LogP contribution in [0.3, 0.4) is 0 Å². The largest absolute Gasteiger partial charge is 0.315 e. The van der Waals surface area contributed by atoms with Crippen LogP contribution in [0.1, 0.15) is 23.2 Å². The normalized spacial score (nSPS) is 18.4. The van der Waals surface area contributed by atoms with Crippen molar-refractivity contribution in [2.45, 2.75) is 11.8 Å². The van der Waals surface area contributed by atoms with Crippen molar-refractivity contribution in [2.75, 3.05) is 26.2 Å². The Morgan fingerprint density at radius 1 is 0.955 bits per heavy atom. The van der Waals surface area contributed by atoms with E-state index in [1.807, 2.05) is 23.5 Å². The van der Waals surface area contributed by atoms with Gasteiger partial charge < -0.3 is 10.6 Å². The van der Waals surface area contributed by atoms with E-state index in [0.717, 1.165) is 29.9 Å². The lowest BCUT2D eigenvalue weighted by atomic mass is 10.00. The number of rotatable bonds is 2. The van der Waals surface area contributed by atoms with Crippen molar-refractivity contribution in [2.24, 2.45) is 14.1 Å². The summed E-state index contributed by atoms with van der Waals surface area (Å²) in [5.41, 5.74) is 2.59. The summed E-state index contributed by atoms with van der Waals surface area (Å²) >= 11 is 4.55. The first-order valence-corrected chi connectivity index (χ1v) is 9.50. The summed E-state index contributed by atoms with van der Waals surface area (Å²) in [6, 6.07) is 4.32. The molecule has 0 aromatic carbocycles. The minimum absolute atomic E-state index is 0.657. The van der Waals surface area contributed by atoms with Crippen LogP contribution < -0.4 is 10.6 Å². The summed E-state index contributed by atoms with van der Waals surface area (Å²) < 4.78 is 6.21. The van der Waals surface area contributed by atoms with Crippen LogP contribution in [0.25, 0.3) is 0 Å². The summed E-state index contributed by atoms with van der Waals surface area (Å²) in [5.74, 6) is 1.35. The molecule has 2 aromatic rings. The lowest BCUT2D eigenvalue weighted by Gasteiger charge is -2.26. The van der Waals surface area contributed by atoms with E-state index in [4.69, 9.17) is 0 Å². The van der Waals surface area contributed by atoms with Crippen LogP contribution >= 0.6 is 45.2 Å². The molecule has 0 amide bonds. The van der Waals surface area contributed by atoms with Gasteiger partial charge in [-0.1, -0.05) is 0 Å². The Balaban J connectivity index is 0.000000131. The molecule has 2 aromatic heterocycles. The summed E-state index contributed by atoms with van der Waals surface area (Å²) in [6.07, 6.45) is 0. The van der Waals surface area contributed by atoms with Crippen LogP contribution in [-0.4, -0.2) is 45.7 Å². The number of aryl methyl sites for hydroxylation is 2. The molecule has 0 atom stereocenters. The Labute approximate surface area is 157 Å². The number of halogens is 2. The molecule has 0 saturated carbocycles. The molecule has 2 aliphatic rings. The molecule has 0 unspecified atom stereocenters. The summed E-state index contributed by atoms with van der Waals surface area (Å²) in [4.78, 5) is 0. The van der Waals surface area contributed by atoms with Crippen LogP contribution in [0.5, 0.6) is 0 Å². The van der Waals surface area contributed by atoms with Crippen LogP contribution in [0.15, 0.2) is 12.1 Å². The monoisotopic (exact) mass is 526 g/mol. The van der Waals surface area contributed by atoms with E-state index < -0.39 is 0 Å². The molecule has 4 heterocycles. The number of aromatic nitrogens is 4. The van der Waals surface area contributed by atoms with Gasteiger partial charge in [0, 0.05) is 57.8 Å². The fraction of sp³-hybridized carbons (Fsp3) is 0.571. The van der Waals surface area contributed by atoms with Gasteiger partial charge in [-0.05, 0) is 57.3 Å². The van der Waals surface area contributed by atoms with Gasteiger partial charge in [-0.2, -0.15) is 10.2 Å². The Kier molecular flexibility index (Phi) is 5.40. The van der Waals surface area contributed by atoms with E-state index >= 15 is 0 Å². The molecule has 0 bridgehead atoms. The van der Waals surface area contributed by atoms with Crippen LogP contribution in [-0.2, 0) is 14.1 Å². The summed E-state index contributed by atoms with van der Waals surface area (Å²) in [5, 5.41) is 15.2. The molecule has 120 valence electrons. The average Bonchev–Trinajstić information content (AvgIpc) is 2.80. The van der Waals surface area contributed by atoms with Crippen LogP contribution in [0.4, 0.5) is 0 Å². The first kappa shape index (κ1) is 16.7. The van der Waals surface area contributed by atoms with E-state index in [9.17, 15) is 0 Å². The molecule has 2 aliphatic heterocycles. The Morgan fingerprint density at radius 3 is 1.95 bits per heavy atom. The second kappa shape index (κ2) is 7.14. The lowest BCUT2D eigenvalue weighted by molar-refractivity contribution is 0.424. The summed E-state index contributed by atoms with van der Waals surface area (Å²) in [7, 11) is 3.99. The molecule has 0 radical (unpaired) electrons. The fourth-order valence-corrected chi connectivity index (χ4v) is 3.56. The maximum Gasteiger partial charge on any atom is 0.123 e. The van der Waals surface area contributed by atoms with Crippen molar-refractivity contribution < 1.29 is 0 Å². The highest BCUT2D eigenvalue weighted by Crippen LogP contribution is 2.20. The third kappa shape index (κ3) is 3.65. The second-order valence-electron chi connectivity index (χ2n) is 5.74. The molecule has 22 heavy (non-hydrogen) atoms. The van der Waals surface area contributed by atoms with Gasteiger partial charge in [-0.15, -0.1) is 0 Å². The minimum atomic E-state index is 0.657. The van der Waals surface area contributed by atoms with Crippen molar-refractivity contribution in [1.82, 2.24) is 30.2 Å². The third-order valence-corrected chi connectivity index (χ3v) is 5.66. The molecule has 8 heteroatoms. The molecule has 4 rings (SSSR count). The van der Waals surface area contributed by atoms with Crippen molar-refractivity contribution >= 4 is 45.2 Å². The predicted octanol–water partition coefficient (Wildman–Crippen LogP) is 1.42. The smallest absolute Gasteiger partial charge is 0.123 e. The van der Waals surface area contributed by atoms with Crippen LogP contribution in [0.2, 0.25) is 0 Å².